The van der Waals surface area contributed by atoms with Crippen molar-refractivity contribution in [2.45, 2.75) is 30.9 Å². The standard InChI is InChI=1S/C9H14N2O2S2/c12-9(13)7-1-3-8(4-2-7)15-11-10-5-6-14-11/h5-8,10H,1-4H2,(H,12,13). The Labute approximate surface area is 97.7 Å². The molecule has 0 bridgehead atoms. The van der Waals surface area contributed by atoms with Crippen molar-refractivity contribution in [2.75, 3.05) is 0 Å². The molecule has 0 amide bonds. The smallest absolute Gasteiger partial charge is 0.306 e. The fraction of sp³-hybridized carbons (Fsp3) is 0.667. The fourth-order valence-corrected chi connectivity index (χ4v) is 3.76. The third-order valence-electron chi connectivity index (χ3n) is 2.67. The lowest BCUT2D eigenvalue weighted by Gasteiger charge is -2.27. The van der Waals surface area contributed by atoms with Crippen molar-refractivity contribution < 1.29 is 9.90 Å². The number of rotatable bonds is 3. The summed E-state index contributed by atoms with van der Waals surface area (Å²) in [5.41, 5.74) is 3.10. The Morgan fingerprint density at radius 2 is 2.20 bits per heavy atom. The Balaban J connectivity index is 1.71. The van der Waals surface area contributed by atoms with Crippen LogP contribution in [-0.4, -0.2) is 20.1 Å². The molecule has 2 N–H and O–H groups in total. The van der Waals surface area contributed by atoms with E-state index in [2.05, 4.69) is 5.43 Å². The molecule has 4 nitrogen and oxygen atoms in total. The molecule has 1 aliphatic heterocycles. The van der Waals surface area contributed by atoms with E-state index in [0.717, 1.165) is 25.7 Å². The summed E-state index contributed by atoms with van der Waals surface area (Å²) in [5, 5.41) is 11.4. The quantitative estimate of drug-likeness (QED) is 0.745. The lowest BCUT2D eigenvalue weighted by Crippen LogP contribution is -2.26. The largest absolute Gasteiger partial charge is 0.481 e. The van der Waals surface area contributed by atoms with Crippen LogP contribution in [0.2, 0.25) is 0 Å². The number of hydrogen-bond donors (Lipinski definition) is 2. The maximum absolute atomic E-state index is 10.8. The van der Waals surface area contributed by atoms with Gasteiger partial charge >= 0.3 is 5.97 Å². The summed E-state index contributed by atoms with van der Waals surface area (Å²) in [6.45, 7) is 0. The predicted octanol–water partition coefficient (Wildman–Crippen LogP) is 2.22. The van der Waals surface area contributed by atoms with E-state index >= 15 is 0 Å². The monoisotopic (exact) mass is 246 g/mol. The van der Waals surface area contributed by atoms with Gasteiger partial charge in [0, 0.05) is 16.9 Å². The molecule has 1 saturated carbocycles. The Bertz CT molecular complexity index is 257. The molecule has 15 heavy (non-hydrogen) atoms. The number of carboxylic acid groups (broad SMARTS) is 1. The van der Waals surface area contributed by atoms with Crippen LogP contribution in [0.4, 0.5) is 0 Å². The normalized spacial score (nSPS) is 31.5. The number of hydrazine groups is 1. The molecule has 0 aromatic rings. The molecule has 2 rings (SSSR count). The average Bonchev–Trinajstić information content (AvgIpc) is 2.71. The first kappa shape index (κ1) is 11.2. The summed E-state index contributed by atoms with van der Waals surface area (Å²) in [7, 11) is 0. The van der Waals surface area contributed by atoms with Crippen LogP contribution in [0.5, 0.6) is 0 Å². The molecule has 6 heteroatoms. The van der Waals surface area contributed by atoms with Crippen molar-refractivity contribution in [3.8, 4) is 0 Å². The first-order valence-corrected chi connectivity index (χ1v) is 6.70. The second-order valence-corrected chi connectivity index (χ2v) is 6.03. The van der Waals surface area contributed by atoms with Gasteiger partial charge < -0.3 is 10.5 Å². The van der Waals surface area contributed by atoms with Crippen LogP contribution in [0.3, 0.4) is 0 Å². The number of carboxylic acids is 1. The molecule has 1 heterocycles. The van der Waals surface area contributed by atoms with Crippen molar-refractivity contribution in [2.24, 2.45) is 5.92 Å². The Morgan fingerprint density at radius 3 is 2.73 bits per heavy atom. The topological polar surface area (TPSA) is 52.6 Å². The molecule has 0 unspecified atom stereocenters. The first-order chi connectivity index (χ1) is 7.25. The summed E-state index contributed by atoms with van der Waals surface area (Å²) in [5.74, 6) is -0.743. The van der Waals surface area contributed by atoms with Gasteiger partial charge in [-0.2, -0.15) is 0 Å². The molecule has 0 aromatic carbocycles. The van der Waals surface area contributed by atoms with Gasteiger partial charge in [0.25, 0.3) is 0 Å². The van der Waals surface area contributed by atoms with Crippen molar-refractivity contribution in [3.05, 3.63) is 11.6 Å². The van der Waals surface area contributed by atoms with Gasteiger partial charge in [-0.3, -0.25) is 4.79 Å². The van der Waals surface area contributed by atoms with Crippen LogP contribution in [0.1, 0.15) is 25.7 Å². The maximum Gasteiger partial charge on any atom is 0.306 e. The van der Waals surface area contributed by atoms with E-state index in [1.54, 1.807) is 23.9 Å². The van der Waals surface area contributed by atoms with E-state index in [1.165, 1.54) is 0 Å². The molecular formula is C9H14N2O2S2. The number of carbonyl (C=O) groups is 1. The molecule has 84 valence electrons. The Kier molecular flexibility index (Phi) is 3.82. The van der Waals surface area contributed by atoms with Crippen molar-refractivity contribution >= 4 is 29.9 Å². The SMILES string of the molecule is O=C(O)C1CCC(SN2NC=CS2)CC1. The number of aliphatic carboxylic acids is 1. The van der Waals surface area contributed by atoms with Crippen molar-refractivity contribution in [1.82, 2.24) is 9.25 Å². The average molecular weight is 246 g/mol. The third kappa shape index (κ3) is 3.06. The van der Waals surface area contributed by atoms with Crippen LogP contribution in [0, 0.1) is 5.92 Å². The van der Waals surface area contributed by atoms with Gasteiger partial charge in [0.1, 0.15) is 0 Å². The lowest BCUT2D eigenvalue weighted by molar-refractivity contribution is -0.142. The zero-order valence-corrected chi connectivity index (χ0v) is 9.89. The molecule has 0 aromatic heterocycles. The minimum absolute atomic E-state index is 0.112. The second kappa shape index (κ2) is 5.14. The summed E-state index contributed by atoms with van der Waals surface area (Å²) < 4.78 is 2.02. The zero-order chi connectivity index (χ0) is 10.7. The van der Waals surface area contributed by atoms with Gasteiger partial charge in [0.15, 0.2) is 0 Å². The lowest BCUT2D eigenvalue weighted by atomic mass is 9.89. The van der Waals surface area contributed by atoms with E-state index in [0.29, 0.717) is 5.25 Å². The van der Waals surface area contributed by atoms with E-state index in [4.69, 9.17) is 5.11 Å². The fourth-order valence-electron chi connectivity index (χ4n) is 1.81. The minimum atomic E-state index is -0.631. The highest BCUT2D eigenvalue weighted by molar-refractivity contribution is 8.13. The number of hydrogen-bond acceptors (Lipinski definition) is 5. The Morgan fingerprint density at radius 1 is 1.47 bits per heavy atom. The van der Waals surface area contributed by atoms with Gasteiger partial charge in [-0.1, -0.05) is 0 Å². The third-order valence-corrected chi connectivity index (χ3v) is 4.81. The highest BCUT2D eigenvalue weighted by Crippen LogP contribution is 2.36. The molecule has 0 atom stereocenters. The highest BCUT2D eigenvalue weighted by atomic mass is 32.2. The summed E-state index contributed by atoms with van der Waals surface area (Å²) in [6, 6.07) is 0. The molecule has 1 fully saturated rings. The molecule has 2 aliphatic rings. The Hall–Kier alpha value is -0.330. The van der Waals surface area contributed by atoms with E-state index in [9.17, 15) is 4.79 Å². The second-order valence-electron chi connectivity index (χ2n) is 3.71. The van der Waals surface area contributed by atoms with E-state index in [-0.39, 0.29) is 5.92 Å². The van der Waals surface area contributed by atoms with E-state index < -0.39 is 5.97 Å². The van der Waals surface area contributed by atoms with Crippen LogP contribution in [-0.2, 0) is 4.79 Å². The predicted molar refractivity (Wildman–Crippen MR) is 62.7 cm³/mol. The summed E-state index contributed by atoms with van der Waals surface area (Å²) >= 11 is 3.40. The van der Waals surface area contributed by atoms with Gasteiger partial charge in [-0.05, 0) is 49.6 Å². The summed E-state index contributed by atoms with van der Waals surface area (Å²) in [4.78, 5) is 10.8. The molecule has 0 saturated heterocycles. The molecular weight excluding hydrogens is 232 g/mol. The molecule has 1 aliphatic carbocycles. The van der Waals surface area contributed by atoms with Crippen LogP contribution in [0.25, 0.3) is 0 Å². The first-order valence-electron chi connectivity index (χ1n) is 5.03. The maximum atomic E-state index is 10.8. The molecule has 0 spiro atoms. The highest BCUT2D eigenvalue weighted by Gasteiger charge is 2.27. The van der Waals surface area contributed by atoms with Crippen molar-refractivity contribution in [3.63, 3.8) is 0 Å². The number of nitrogens with zero attached hydrogens (tertiary/aromatic N) is 1. The zero-order valence-electron chi connectivity index (χ0n) is 8.26. The van der Waals surface area contributed by atoms with Gasteiger partial charge in [0.2, 0.25) is 0 Å². The van der Waals surface area contributed by atoms with Crippen LogP contribution >= 0.6 is 23.9 Å². The van der Waals surface area contributed by atoms with Crippen LogP contribution < -0.4 is 5.43 Å². The summed E-state index contributed by atoms with van der Waals surface area (Å²) in [6.07, 6.45) is 5.54. The number of nitrogens with one attached hydrogen (secondary N) is 1. The minimum Gasteiger partial charge on any atom is -0.481 e. The van der Waals surface area contributed by atoms with Crippen LogP contribution in [0.15, 0.2) is 11.6 Å². The van der Waals surface area contributed by atoms with Gasteiger partial charge in [0.05, 0.1) is 5.92 Å². The van der Waals surface area contributed by atoms with Gasteiger partial charge in [-0.15, -0.1) is 3.82 Å². The van der Waals surface area contributed by atoms with E-state index in [1.807, 2.05) is 15.4 Å². The molecule has 0 radical (unpaired) electrons. The van der Waals surface area contributed by atoms with Gasteiger partial charge in [-0.25, -0.2) is 0 Å². The van der Waals surface area contributed by atoms with Crippen molar-refractivity contribution in [1.29, 1.82) is 0 Å².